The number of hydrogen-bond acceptors (Lipinski definition) is 9. The first-order valence-electron chi connectivity index (χ1n) is 11.8. The van der Waals surface area contributed by atoms with Crippen LogP contribution in [0.2, 0.25) is 12.1 Å². The fourth-order valence-electron chi connectivity index (χ4n) is 2.63. The zero-order valence-electron chi connectivity index (χ0n) is 21.7. The molecule has 0 saturated carbocycles. The Balaban J connectivity index is 0. The molecule has 196 valence electrons. The van der Waals surface area contributed by atoms with E-state index in [1.54, 1.807) is 21.3 Å². The van der Waals surface area contributed by atoms with Crippen LogP contribution < -0.4 is 0 Å². The first-order valence-corrected chi connectivity index (χ1v) is 17.8. The molecule has 0 spiro atoms. The van der Waals surface area contributed by atoms with Crippen molar-refractivity contribution in [2.75, 3.05) is 58.4 Å². The SMILES string of the molecule is C=CCSCCC[Si](OC)(OC)OC.CCCO[Si](CCCSC#N)(OCCC)OCCC. The standard InChI is InChI=1S/C13H27NO3SSi.C9H20O3SSi/c1-4-8-15-19(16-9-5-2,17-10-6-3)12-7-11-18-13-14;1-5-7-13-8-6-9-14(10-2,11-3)12-4/h4-12H2,1-3H3;5H,1,6-9H2,2-4H3. The molecule has 0 fully saturated rings. The quantitative estimate of drug-likeness (QED) is 0.0711. The number of nitriles is 1. The molecular formula is C22H47NO6S2Si2. The maximum Gasteiger partial charge on any atom is 0.500 e. The predicted octanol–water partition coefficient (Wildman–Crippen LogP) is 5.98. The molecular weight excluding hydrogens is 495 g/mol. The summed E-state index contributed by atoms with van der Waals surface area (Å²) in [5.41, 5.74) is 0. The van der Waals surface area contributed by atoms with Gasteiger partial charge in [-0.05, 0) is 49.6 Å². The van der Waals surface area contributed by atoms with Crippen LogP contribution in [0, 0.1) is 10.7 Å². The van der Waals surface area contributed by atoms with Crippen molar-refractivity contribution >= 4 is 41.1 Å². The van der Waals surface area contributed by atoms with Crippen molar-refractivity contribution in [2.24, 2.45) is 0 Å². The molecule has 11 heteroatoms. The second kappa shape index (κ2) is 25.2. The van der Waals surface area contributed by atoms with Crippen molar-refractivity contribution in [3.05, 3.63) is 12.7 Å². The van der Waals surface area contributed by atoms with Gasteiger partial charge in [0.05, 0.1) is 0 Å². The van der Waals surface area contributed by atoms with Crippen LogP contribution in [-0.4, -0.2) is 76.0 Å². The average Bonchev–Trinajstić information content (AvgIpc) is 2.85. The molecule has 0 aromatic heterocycles. The van der Waals surface area contributed by atoms with Gasteiger partial charge in [0.15, 0.2) is 0 Å². The van der Waals surface area contributed by atoms with Crippen molar-refractivity contribution in [3.63, 3.8) is 0 Å². The third-order valence-electron chi connectivity index (χ3n) is 4.31. The van der Waals surface area contributed by atoms with Crippen molar-refractivity contribution in [1.82, 2.24) is 0 Å². The lowest BCUT2D eigenvalue weighted by Gasteiger charge is -2.29. The van der Waals surface area contributed by atoms with Crippen LogP contribution >= 0.6 is 23.5 Å². The Labute approximate surface area is 214 Å². The lowest BCUT2D eigenvalue weighted by Crippen LogP contribution is -2.46. The van der Waals surface area contributed by atoms with Gasteiger partial charge in [0.2, 0.25) is 0 Å². The fraction of sp³-hybridized carbons (Fsp3) is 0.864. The van der Waals surface area contributed by atoms with E-state index in [1.807, 2.05) is 17.8 Å². The number of thiocyanates is 1. The summed E-state index contributed by atoms with van der Waals surface area (Å²) in [5, 5.41) is 10.6. The van der Waals surface area contributed by atoms with Gasteiger partial charge >= 0.3 is 17.6 Å². The van der Waals surface area contributed by atoms with Crippen molar-refractivity contribution in [2.45, 2.75) is 65.0 Å². The molecule has 0 aliphatic rings. The fourth-order valence-corrected chi connectivity index (χ4v) is 8.77. The van der Waals surface area contributed by atoms with Gasteiger partial charge in [0.25, 0.3) is 0 Å². The number of rotatable bonds is 22. The molecule has 0 saturated heterocycles. The first kappa shape index (κ1) is 35.3. The summed E-state index contributed by atoms with van der Waals surface area (Å²) >= 11 is 3.14. The van der Waals surface area contributed by atoms with Crippen LogP contribution in [0.15, 0.2) is 12.7 Å². The summed E-state index contributed by atoms with van der Waals surface area (Å²) in [6, 6.07) is 1.68. The molecule has 0 bridgehead atoms. The molecule has 0 aliphatic carbocycles. The summed E-state index contributed by atoms with van der Waals surface area (Å²) in [6.07, 6.45) is 6.77. The third kappa shape index (κ3) is 19.0. The first-order chi connectivity index (χ1) is 16.0. The predicted molar refractivity (Wildman–Crippen MR) is 146 cm³/mol. The molecule has 0 unspecified atom stereocenters. The summed E-state index contributed by atoms with van der Waals surface area (Å²) < 4.78 is 33.8. The lowest BCUT2D eigenvalue weighted by molar-refractivity contribution is 0.0591. The minimum Gasteiger partial charge on any atom is -0.377 e. The summed E-state index contributed by atoms with van der Waals surface area (Å²) in [5.74, 6) is 2.91. The Morgan fingerprint density at radius 3 is 1.64 bits per heavy atom. The Bertz CT molecular complexity index is 452. The molecule has 0 amide bonds. The van der Waals surface area contributed by atoms with E-state index in [0.29, 0.717) is 19.8 Å². The van der Waals surface area contributed by atoms with Gasteiger partial charge in [-0.25, -0.2) is 0 Å². The van der Waals surface area contributed by atoms with Gasteiger partial charge < -0.3 is 26.6 Å². The van der Waals surface area contributed by atoms with Gasteiger partial charge in [-0.3, -0.25) is 0 Å². The highest BCUT2D eigenvalue weighted by molar-refractivity contribution is 8.03. The van der Waals surface area contributed by atoms with E-state index < -0.39 is 17.6 Å². The number of thioether (sulfide) groups is 2. The van der Waals surface area contributed by atoms with Gasteiger partial charge in [-0.1, -0.05) is 26.8 Å². The summed E-state index contributed by atoms with van der Waals surface area (Å²) in [6.45, 7) is 12.0. The monoisotopic (exact) mass is 541 g/mol. The third-order valence-corrected chi connectivity index (χ3v) is 11.7. The zero-order chi connectivity index (χ0) is 25.3. The van der Waals surface area contributed by atoms with E-state index in [-0.39, 0.29) is 0 Å². The molecule has 0 radical (unpaired) electrons. The molecule has 0 N–H and O–H groups in total. The minimum atomic E-state index is -2.53. The van der Waals surface area contributed by atoms with Crippen LogP contribution in [-0.2, 0) is 26.6 Å². The van der Waals surface area contributed by atoms with E-state index in [0.717, 1.165) is 61.5 Å². The van der Waals surface area contributed by atoms with Crippen LogP contribution in [0.4, 0.5) is 0 Å². The van der Waals surface area contributed by atoms with E-state index in [9.17, 15) is 0 Å². The van der Waals surface area contributed by atoms with Crippen LogP contribution in [0.5, 0.6) is 0 Å². The molecule has 0 aromatic carbocycles. The highest BCUT2D eigenvalue weighted by atomic mass is 32.2. The Morgan fingerprint density at radius 1 is 0.788 bits per heavy atom. The van der Waals surface area contributed by atoms with E-state index in [4.69, 9.17) is 31.8 Å². The normalized spacial score (nSPS) is 11.5. The highest BCUT2D eigenvalue weighted by Crippen LogP contribution is 2.21. The number of hydrogen-bond donors (Lipinski definition) is 0. The molecule has 0 rings (SSSR count). The van der Waals surface area contributed by atoms with E-state index in [2.05, 4.69) is 32.8 Å². The van der Waals surface area contributed by atoms with Gasteiger partial charge in [0.1, 0.15) is 5.40 Å². The van der Waals surface area contributed by atoms with Gasteiger partial charge in [-0.15, -0.1) is 6.58 Å². The molecule has 0 aromatic rings. The zero-order valence-corrected chi connectivity index (χ0v) is 25.3. The second-order valence-corrected chi connectivity index (χ2v) is 14.9. The molecule has 0 aliphatic heterocycles. The molecule has 33 heavy (non-hydrogen) atoms. The van der Waals surface area contributed by atoms with E-state index in [1.165, 1.54) is 11.8 Å². The summed E-state index contributed by atoms with van der Waals surface area (Å²) in [7, 11) is 0.0988. The average molecular weight is 542 g/mol. The lowest BCUT2D eigenvalue weighted by atomic mass is 10.5. The Hall–Kier alpha value is 0.124. The van der Waals surface area contributed by atoms with Crippen LogP contribution in [0.3, 0.4) is 0 Å². The number of nitrogens with zero attached hydrogens (tertiary/aromatic N) is 1. The van der Waals surface area contributed by atoms with Gasteiger partial charge in [-0.2, -0.15) is 17.0 Å². The topological polar surface area (TPSA) is 79.2 Å². The van der Waals surface area contributed by atoms with Crippen molar-refractivity contribution < 1.29 is 26.6 Å². The minimum absolute atomic E-state index is 0.686. The van der Waals surface area contributed by atoms with Crippen LogP contribution in [0.25, 0.3) is 0 Å². The Morgan fingerprint density at radius 2 is 1.24 bits per heavy atom. The largest absolute Gasteiger partial charge is 0.500 e. The van der Waals surface area contributed by atoms with Crippen molar-refractivity contribution in [3.8, 4) is 5.40 Å². The smallest absolute Gasteiger partial charge is 0.377 e. The molecule has 0 heterocycles. The molecule has 0 atom stereocenters. The maximum absolute atomic E-state index is 8.55. The molecule has 7 nitrogen and oxygen atoms in total. The Kier molecular flexibility index (Phi) is 27.0. The van der Waals surface area contributed by atoms with Crippen molar-refractivity contribution in [1.29, 1.82) is 5.26 Å². The second-order valence-electron chi connectivity index (χ2n) is 7.03. The van der Waals surface area contributed by atoms with E-state index >= 15 is 0 Å². The summed E-state index contributed by atoms with van der Waals surface area (Å²) in [4.78, 5) is 0. The van der Waals surface area contributed by atoms with Gasteiger partial charge in [0, 0.05) is 64.7 Å². The maximum atomic E-state index is 8.55. The van der Waals surface area contributed by atoms with Crippen LogP contribution in [0.1, 0.15) is 52.9 Å². The highest BCUT2D eigenvalue weighted by Gasteiger charge is 2.40.